The highest BCUT2D eigenvalue weighted by Crippen LogP contribution is 2.44. The number of hydrogen-bond acceptors (Lipinski definition) is 3. The molecule has 3 aromatic rings. The monoisotopic (exact) mass is 421 g/mol. The van der Waals surface area contributed by atoms with Crippen molar-refractivity contribution >= 4 is 45.1 Å². The van der Waals surface area contributed by atoms with Gasteiger partial charge in [-0.25, -0.2) is 0 Å². The normalized spacial score (nSPS) is 13.9. The molecule has 2 heterocycles. The summed E-state index contributed by atoms with van der Waals surface area (Å²) in [4.78, 5) is 3.49. The van der Waals surface area contributed by atoms with Crippen molar-refractivity contribution in [1.82, 2.24) is 0 Å². The molecule has 1 aliphatic rings. The largest absolute Gasteiger partial charge is 0.338 e. The van der Waals surface area contributed by atoms with Crippen molar-refractivity contribution in [2.45, 2.75) is 4.90 Å². The topological polar surface area (TPSA) is 7.12 Å². The van der Waals surface area contributed by atoms with E-state index in [1.54, 1.807) is 23.1 Å². The van der Waals surface area contributed by atoms with Gasteiger partial charge in [-0.2, -0.15) is 0 Å². The quantitative estimate of drug-likeness (QED) is 0.322. The maximum atomic E-state index is 5.16. The third-order valence-electron chi connectivity index (χ3n) is 4.38. The standard InChI is InChI=1S/C26H17N2S2/c1-3-4-5-13-20-28-22-15-10-12-17-24(22)30-26(28)19-8-6-7-18-25-27(2)21-14-9-11-16-23(21)29-25/h1,6-12,14-19H,2H3/q+1. The van der Waals surface area contributed by atoms with Crippen LogP contribution in [0.2, 0.25) is 0 Å². The zero-order valence-electron chi connectivity index (χ0n) is 16.3. The molecule has 4 rings (SSSR count). The van der Waals surface area contributed by atoms with Crippen LogP contribution in [0.3, 0.4) is 0 Å². The Kier molecular flexibility index (Phi) is 6.07. The molecule has 2 nitrogen and oxygen atoms in total. The van der Waals surface area contributed by atoms with E-state index in [0.717, 1.165) is 10.5 Å². The summed E-state index contributed by atoms with van der Waals surface area (Å²) in [7, 11) is 2.09. The number of nitrogens with zero attached hydrogens (tertiary/aromatic N) is 2. The highest BCUT2D eigenvalue weighted by molar-refractivity contribution is 8.03. The number of benzene rings is 2. The van der Waals surface area contributed by atoms with E-state index in [9.17, 15) is 0 Å². The molecule has 2 aromatic carbocycles. The zero-order valence-corrected chi connectivity index (χ0v) is 17.9. The Morgan fingerprint density at radius 2 is 1.80 bits per heavy atom. The first kappa shape index (κ1) is 19.7. The number of hydrogen-bond donors (Lipinski definition) is 0. The second-order valence-corrected chi connectivity index (χ2v) is 8.38. The van der Waals surface area contributed by atoms with Gasteiger partial charge < -0.3 is 4.90 Å². The molecule has 0 radical (unpaired) electrons. The number of aromatic nitrogens is 1. The maximum absolute atomic E-state index is 5.16. The van der Waals surface area contributed by atoms with Crippen LogP contribution >= 0.6 is 23.1 Å². The Morgan fingerprint density at radius 3 is 2.67 bits per heavy atom. The Hall–Kier alpha value is -3.62. The first-order valence-electron chi connectivity index (χ1n) is 9.24. The minimum atomic E-state index is 1.03. The first-order chi connectivity index (χ1) is 14.8. The van der Waals surface area contributed by atoms with Gasteiger partial charge in [0.25, 0.3) is 5.01 Å². The number of fused-ring (bicyclic) bond motifs is 2. The molecule has 0 aliphatic carbocycles. The number of anilines is 1. The van der Waals surface area contributed by atoms with E-state index in [0.29, 0.717) is 0 Å². The molecule has 0 fully saturated rings. The lowest BCUT2D eigenvalue weighted by molar-refractivity contribution is -0.551. The van der Waals surface area contributed by atoms with Crippen LogP contribution in [-0.4, -0.2) is 7.05 Å². The van der Waals surface area contributed by atoms with E-state index in [-0.39, 0.29) is 0 Å². The zero-order chi connectivity index (χ0) is 20.8. The Balaban J connectivity index is 1.54. The van der Waals surface area contributed by atoms with Gasteiger partial charge in [-0.3, -0.25) is 0 Å². The van der Waals surface area contributed by atoms with E-state index in [1.165, 1.54) is 20.3 Å². The Morgan fingerprint density at radius 1 is 0.967 bits per heavy atom. The van der Waals surface area contributed by atoms with Gasteiger partial charge in [-0.15, -0.1) is 6.42 Å². The van der Waals surface area contributed by atoms with Crippen molar-refractivity contribution in [2.75, 3.05) is 11.9 Å². The molecule has 1 aliphatic heterocycles. The number of rotatable bonds is 3. The fraction of sp³-hybridized carbons (Fsp3) is 0.0385. The summed E-state index contributed by atoms with van der Waals surface area (Å²) in [6, 6.07) is 19.7. The van der Waals surface area contributed by atoms with Gasteiger partial charge in [0, 0.05) is 30.0 Å². The summed E-state index contributed by atoms with van der Waals surface area (Å²) in [6.07, 6.45) is 15.5. The number of thioether (sulfide) groups is 1. The van der Waals surface area contributed by atoms with Gasteiger partial charge in [0.05, 0.1) is 16.6 Å². The number of para-hydroxylation sites is 2. The summed E-state index contributed by atoms with van der Waals surface area (Å²) < 4.78 is 3.12. The highest BCUT2D eigenvalue weighted by Gasteiger charge is 2.20. The van der Waals surface area contributed by atoms with E-state index in [4.69, 9.17) is 6.42 Å². The van der Waals surface area contributed by atoms with Crippen molar-refractivity contribution in [3.63, 3.8) is 0 Å². The summed E-state index contributed by atoms with van der Waals surface area (Å²) in [5.41, 5.74) is 2.31. The molecular formula is C26H17N2S2+. The molecule has 0 atom stereocenters. The van der Waals surface area contributed by atoms with Crippen LogP contribution in [-0.2, 0) is 0 Å². The predicted octanol–water partition coefficient (Wildman–Crippen LogP) is 5.29. The van der Waals surface area contributed by atoms with Crippen LogP contribution < -0.4 is 9.47 Å². The molecule has 0 amide bonds. The summed E-state index contributed by atoms with van der Waals surface area (Å²) >= 11 is 3.47. The van der Waals surface area contributed by atoms with E-state index < -0.39 is 0 Å². The average Bonchev–Trinajstić information content (AvgIpc) is 3.28. The maximum Gasteiger partial charge on any atom is 0.278 e. The molecule has 0 unspecified atom stereocenters. The van der Waals surface area contributed by atoms with Gasteiger partial charge in [-0.05, 0) is 36.1 Å². The smallest absolute Gasteiger partial charge is 0.278 e. The summed E-state index contributed by atoms with van der Waals surface area (Å²) in [5.74, 6) is 10.3. The van der Waals surface area contributed by atoms with Crippen LogP contribution in [0.15, 0.2) is 82.8 Å². The highest BCUT2D eigenvalue weighted by atomic mass is 32.2. The second-order valence-electron chi connectivity index (χ2n) is 6.25. The summed E-state index contributed by atoms with van der Waals surface area (Å²) in [5, 5.41) is 2.24. The third kappa shape index (κ3) is 4.19. The lowest BCUT2D eigenvalue weighted by atomic mass is 10.3. The molecule has 30 heavy (non-hydrogen) atoms. The average molecular weight is 422 g/mol. The number of terminal acetylenes is 1. The molecule has 0 bridgehead atoms. The van der Waals surface area contributed by atoms with Crippen molar-refractivity contribution in [2.24, 2.45) is 0 Å². The van der Waals surface area contributed by atoms with Crippen molar-refractivity contribution in [3.05, 3.63) is 82.9 Å². The lowest BCUT2D eigenvalue weighted by Gasteiger charge is -2.12. The minimum Gasteiger partial charge on any atom is -0.338 e. The SMILES string of the molecule is C#CC#CC#C[n+]1c(/C=C/C=C/C=C2\Sc3ccccc3N2C)sc2ccccc21. The molecular weight excluding hydrogens is 404 g/mol. The van der Waals surface area contributed by atoms with Gasteiger partial charge >= 0.3 is 0 Å². The third-order valence-corrected chi connectivity index (χ3v) is 6.65. The number of thiazole rings is 1. The van der Waals surface area contributed by atoms with Crippen LogP contribution in [0.4, 0.5) is 5.69 Å². The van der Waals surface area contributed by atoms with Gasteiger partial charge in [-0.1, -0.05) is 70.2 Å². The fourth-order valence-electron chi connectivity index (χ4n) is 2.99. The lowest BCUT2D eigenvalue weighted by Crippen LogP contribution is -2.29. The van der Waals surface area contributed by atoms with Crippen molar-refractivity contribution in [1.29, 1.82) is 0 Å². The minimum absolute atomic E-state index is 1.03. The molecule has 0 spiro atoms. The van der Waals surface area contributed by atoms with Crippen LogP contribution in [0.5, 0.6) is 0 Å². The predicted molar refractivity (Wildman–Crippen MR) is 129 cm³/mol. The Labute approximate surface area is 185 Å². The molecule has 4 heteroatoms. The molecule has 0 N–H and O–H groups in total. The first-order valence-corrected chi connectivity index (χ1v) is 10.9. The van der Waals surface area contributed by atoms with Crippen LogP contribution in [0.25, 0.3) is 16.3 Å². The van der Waals surface area contributed by atoms with E-state index in [1.807, 2.05) is 28.9 Å². The van der Waals surface area contributed by atoms with E-state index in [2.05, 4.69) is 96.3 Å². The number of allylic oxidation sites excluding steroid dienone is 4. The van der Waals surface area contributed by atoms with Gasteiger partial charge in [0.2, 0.25) is 11.6 Å². The van der Waals surface area contributed by atoms with Crippen molar-refractivity contribution < 1.29 is 4.57 Å². The van der Waals surface area contributed by atoms with Gasteiger partial charge in [0.1, 0.15) is 4.70 Å². The Bertz CT molecular complexity index is 1360. The van der Waals surface area contributed by atoms with E-state index >= 15 is 0 Å². The van der Waals surface area contributed by atoms with Crippen LogP contribution in [0.1, 0.15) is 5.01 Å². The molecule has 1 aromatic heterocycles. The van der Waals surface area contributed by atoms with Crippen molar-refractivity contribution in [3.8, 4) is 36.1 Å². The molecule has 0 saturated heterocycles. The molecule has 0 saturated carbocycles. The summed E-state index contributed by atoms with van der Waals surface area (Å²) in [6.45, 7) is 0. The van der Waals surface area contributed by atoms with Gasteiger partial charge in [0.15, 0.2) is 0 Å². The molecule has 142 valence electrons. The van der Waals surface area contributed by atoms with Crippen LogP contribution in [0, 0.1) is 36.1 Å². The fourth-order valence-corrected chi connectivity index (χ4v) is 5.07. The second kappa shape index (κ2) is 9.25.